The maximum atomic E-state index is 13.9. The molecule has 0 bridgehead atoms. The van der Waals surface area contributed by atoms with E-state index < -0.39 is 41.7 Å². The molecule has 1 aromatic carbocycles. The van der Waals surface area contributed by atoms with Crippen molar-refractivity contribution in [3.8, 4) is 0 Å². The van der Waals surface area contributed by atoms with Crippen LogP contribution < -0.4 is 26.6 Å². The zero-order valence-electron chi connectivity index (χ0n) is 40.0. The van der Waals surface area contributed by atoms with Crippen molar-refractivity contribution in [2.75, 3.05) is 85.2 Å². The zero-order valence-corrected chi connectivity index (χ0v) is 40.0. The number of carbonyl (C=O) groups is 6. The molecule has 0 unspecified atom stereocenters. The number of aromatic nitrogens is 3. The van der Waals surface area contributed by atoms with Gasteiger partial charge >= 0.3 is 6.18 Å². The fourth-order valence-corrected chi connectivity index (χ4v) is 9.13. The summed E-state index contributed by atoms with van der Waals surface area (Å²) in [4.78, 5) is 94.8. The molecule has 20 nitrogen and oxygen atoms in total. The van der Waals surface area contributed by atoms with Crippen LogP contribution in [0.3, 0.4) is 0 Å². The minimum atomic E-state index is -4.57. The van der Waals surface area contributed by atoms with Gasteiger partial charge in [-0.3, -0.25) is 33.8 Å². The Hall–Kier alpha value is -6.04. The van der Waals surface area contributed by atoms with Crippen molar-refractivity contribution < 1.29 is 56.1 Å². The lowest BCUT2D eigenvalue weighted by Gasteiger charge is -2.44. The van der Waals surface area contributed by atoms with Gasteiger partial charge in [0.15, 0.2) is 0 Å². The van der Waals surface area contributed by atoms with E-state index in [0.29, 0.717) is 31.3 Å². The van der Waals surface area contributed by atoms with Crippen molar-refractivity contribution in [2.24, 2.45) is 5.92 Å². The molecule has 2 aliphatic heterocycles. The van der Waals surface area contributed by atoms with Crippen LogP contribution in [0.2, 0.25) is 0 Å². The number of fused-ring (bicyclic) bond motifs is 1. The summed E-state index contributed by atoms with van der Waals surface area (Å²) in [6.07, 6.45) is 2.52. The van der Waals surface area contributed by atoms with Gasteiger partial charge in [0.1, 0.15) is 31.4 Å². The second-order valence-electron chi connectivity index (χ2n) is 17.9. The van der Waals surface area contributed by atoms with E-state index in [1.165, 1.54) is 12.4 Å². The summed E-state index contributed by atoms with van der Waals surface area (Å²) in [5.74, 6) is -2.10. The van der Waals surface area contributed by atoms with Crippen LogP contribution in [0.4, 0.5) is 19.0 Å². The van der Waals surface area contributed by atoms with Crippen molar-refractivity contribution >= 4 is 52.2 Å². The molecule has 1 saturated carbocycles. The molecule has 23 heteroatoms. The number of hydrogen-bond donors (Lipinski definition) is 5. The van der Waals surface area contributed by atoms with Gasteiger partial charge in [-0.05, 0) is 76.4 Å². The van der Waals surface area contributed by atoms with Crippen LogP contribution in [0.25, 0.3) is 10.9 Å². The quantitative estimate of drug-likeness (QED) is 0.0806. The Labute approximate surface area is 404 Å². The van der Waals surface area contributed by atoms with Crippen LogP contribution in [0.5, 0.6) is 0 Å². The Morgan fingerprint density at radius 3 is 2.31 bits per heavy atom. The number of rotatable bonds is 24. The maximum Gasteiger partial charge on any atom is 0.416 e. The molecule has 2 aromatic heterocycles. The standard InChI is InChI=1S/C47H64F3N11O9/c1-29(2)59(3)32-8-10-38(61-17-11-36(46(61)67)58-44-33-22-31(47(48,49)50)7-9-35(33)55-28-56-44)37(23-32)57-41(64)27-70-21-15-53-40(63)26-69-20-14-52-39(62)12-18-68-19-16-54-45(66)34-24-42(65)60(4)43(34)30-6-5-13-51-25-30/h5-7,9,13,22,25,28-29,32,34,36-38,43H,8,10-12,14-21,23-24,26-27H2,1-4H3,(H,52,62)(H,53,63)(H,54,66)(H,57,64)(H,55,56,58)/t32-,34+,36+,37-,38+,43-/m1/s1. The molecule has 0 radical (unpaired) electrons. The molecule has 3 aliphatic rings. The molecule has 382 valence electrons. The van der Waals surface area contributed by atoms with E-state index in [4.69, 9.17) is 14.2 Å². The second-order valence-corrected chi connectivity index (χ2v) is 17.9. The van der Waals surface area contributed by atoms with E-state index in [2.05, 4.69) is 60.3 Å². The van der Waals surface area contributed by atoms with Gasteiger partial charge in [-0.2, -0.15) is 13.2 Å². The second kappa shape index (κ2) is 25.2. The Morgan fingerprint density at radius 1 is 0.886 bits per heavy atom. The molecule has 3 fully saturated rings. The van der Waals surface area contributed by atoms with Crippen LogP contribution in [0.1, 0.15) is 69.5 Å². The summed E-state index contributed by atoms with van der Waals surface area (Å²) in [6.45, 7) is 4.95. The van der Waals surface area contributed by atoms with Gasteiger partial charge in [0.25, 0.3) is 0 Å². The lowest BCUT2D eigenvalue weighted by atomic mass is 9.84. The SMILES string of the molecule is CC(C)N(C)[C@@H]1CC[C@H](N2CC[C@H](Nc3ncnc4ccc(C(F)(F)F)cc34)C2=O)[C@H](NC(=O)COCCNC(=O)COCCNC(=O)CCOCCNC(=O)[C@H]2CC(=O)N(C)[C@@H]2c2cccnc2)C1. The van der Waals surface area contributed by atoms with Gasteiger partial charge in [0.05, 0.1) is 61.6 Å². The summed E-state index contributed by atoms with van der Waals surface area (Å²) < 4.78 is 57.0. The van der Waals surface area contributed by atoms with Gasteiger partial charge in [0.2, 0.25) is 35.4 Å². The Balaban J connectivity index is 0.835. The predicted molar refractivity (Wildman–Crippen MR) is 248 cm³/mol. The first kappa shape index (κ1) is 53.3. The van der Waals surface area contributed by atoms with E-state index >= 15 is 0 Å². The Morgan fingerprint density at radius 2 is 1.60 bits per heavy atom. The van der Waals surface area contributed by atoms with E-state index in [-0.39, 0.29) is 131 Å². The van der Waals surface area contributed by atoms with Crippen LogP contribution in [-0.2, 0) is 49.2 Å². The molecule has 4 heterocycles. The number of nitrogens with zero attached hydrogens (tertiary/aromatic N) is 6. The normalized spacial score (nSPS) is 21.7. The van der Waals surface area contributed by atoms with Gasteiger partial charge < -0.3 is 55.5 Å². The number of benzene rings is 1. The lowest BCUT2D eigenvalue weighted by molar-refractivity contribution is -0.137. The van der Waals surface area contributed by atoms with Crippen molar-refractivity contribution in [3.05, 3.63) is 60.2 Å². The molecule has 2 saturated heterocycles. The summed E-state index contributed by atoms with van der Waals surface area (Å²) in [5.41, 5.74) is 0.244. The van der Waals surface area contributed by atoms with Crippen LogP contribution in [-0.4, -0.2) is 175 Å². The van der Waals surface area contributed by atoms with E-state index in [9.17, 15) is 41.9 Å². The van der Waals surface area contributed by atoms with Gasteiger partial charge in [0, 0.05) is 75.9 Å². The fourth-order valence-electron chi connectivity index (χ4n) is 9.13. The highest BCUT2D eigenvalue weighted by Gasteiger charge is 2.44. The average molecular weight is 984 g/mol. The van der Waals surface area contributed by atoms with Crippen molar-refractivity contribution in [1.82, 2.24) is 50.9 Å². The monoisotopic (exact) mass is 983 g/mol. The Bertz CT molecular complexity index is 2280. The van der Waals surface area contributed by atoms with Crippen LogP contribution in [0, 0.1) is 5.92 Å². The summed E-state index contributed by atoms with van der Waals surface area (Å²) in [5, 5.41) is 14.5. The van der Waals surface area contributed by atoms with E-state index in [1.54, 1.807) is 35.3 Å². The molecule has 5 N–H and O–H groups in total. The molecule has 6 atom stereocenters. The number of halogens is 3. The minimum absolute atomic E-state index is 0.0440. The van der Waals surface area contributed by atoms with Gasteiger partial charge in [-0.25, -0.2) is 9.97 Å². The largest absolute Gasteiger partial charge is 0.416 e. The first-order chi connectivity index (χ1) is 33.5. The molecule has 6 rings (SSSR count). The smallest absolute Gasteiger partial charge is 0.379 e. The van der Waals surface area contributed by atoms with Crippen molar-refractivity contribution in [2.45, 2.75) is 94.8 Å². The molecule has 0 spiro atoms. The highest BCUT2D eigenvalue weighted by atomic mass is 19.4. The molecule has 6 amide bonds. The van der Waals surface area contributed by atoms with Gasteiger partial charge in [-0.1, -0.05) is 6.07 Å². The summed E-state index contributed by atoms with van der Waals surface area (Å²) >= 11 is 0. The van der Waals surface area contributed by atoms with Crippen molar-refractivity contribution in [1.29, 1.82) is 0 Å². The number of anilines is 1. The zero-order chi connectivity index (χ0) is 50.4. The number of ether oxygens (including phenoxy) is 3. The maximum absolute atomic E-state index is 13.9. The topological polar surface area (TPSA) is 239 Å². The molecule has 1 aliphatic carbocycles. The van der Waals surface area contributed by atoms with Crippen LogP contribution >= 0.6 is 0 Å². The third-order valence-corrected chi connectivity index (χ3v) is 13.0. The average Bonchev–Trinajstić information content (AvgIpc) is 3.85. The highest BCUT2D eigenvalue weighted by Crippen LogP contribution is 2.37. The third-order valence-electron chi connectivity index (χ3n) is 13.0. The minimum Gasteiger partial charge on any atom is -0.379 e. The fraction of sp³-hybridized carbons (Fsp3) is 0.596. The number of alkyl halides is 3. The van der Waals surface area contributed by atoms with E-state index in [0.717, 1.165) is 24.1 Å². The van der Waals surface area contributed by atoms with Gasteiger partial charge in [-0.15, -0.1) is 0 Å². The molecule has 70 heavy (non-hydrogen) atoms. The molecular formula is C47H64F3N11O9. The predicted octanol–water partition coefficient (Wildman–Crippen LogP) is 1.81. The number of nitrogens with one attached hydrogen (secondary N) is 5. The number of pyridine rings is 1. The first-order valence-corrected chi connectivity index (χ1v) is 23.6. The number of carbonyl (C=O) groups excluding carboxylic acids is 6. The third kappa shape index (κ3) is 14.5. The molecular weight excluding hydrogens is 920 g/mol. The number of amides is 6. The molecule has 3 aromatic rings. The lowest BCUT2D eigenvalue weighted by Crippen LogP contribution is -2.59. The number of likely N-dealkylation sites (tertiary alicyclic amines) is 2. The van der Waals surface area contributed by atoms with Crippen LogP contribution in [0.15, 0.2) is 49.1 Å². The Kier molecular flexibility index (Phi) is 19.2. The summed E-state index contributed by atoms with van der Waals surface area (Å²) in [6, 6.07) is 5.32. The first-order valence-electron chi connectivity index (χ1n) is 23.6. The number of hydrogen-bond acceptors (Lipinski definition) is 14. The van der Waals surface area contributed by atoms with Crippen molar-refractivity contribution in [3.63, 3.8) is 0 Å². The highest BCUT2D eigenvalue weighted by molar-refractivity contribution is 5.93. The summed E-state index contributed by atoms with van der Waals surface area (Å²) in [7, 11) is 3.70. The van der Waals surface area contributed by atoms with E-state index in [1.807, 2.05) is 13.1 Å².